The Labute approximate surface area is 167 Å². The summed E-state index contributed by atoms with van der Waals surface area (Å²) in [6, 6.07) is 22.4. The lowest BCUT2D eigenvalue weighted by Gasteiger charge is -2.14. The van der Waals surface area contributed by atoms with Crippen LogP contribution in [0.4, 0.5) is 5.69 Å². The Morgan fingerprint density at radius 3 is 2.48 bits per heavy atom. The first-order valence-electron chi connectivity index (χ1n) is 9.34. The second-order valence-electron chi connectivity index (χ2n) is 6.97. The van der Waals surface area contributed by atoms with Crippen molar-refractivity contribution in [2.24, 2.45) is 0 Å². The van der Waals surface area contributed by atoms with Gasteiger partial charge in [-0.25, -0.2) is 4.98 Å². The highest BCUT2D eigenvalue weighted by molar-refractivity contribution is 6.34. The van der Waals surface area contributed by atoms with Crippen LogP contribution in [-0.4, -0.2) is 15.5 Å². The summed E-state index contributed by atoms with van der Waals surface area (Å²) >= 11 is 0. The molecule has 0 bridgehead atoms. The van der Waals surface area contributed by atoms with E-state index in [4.69, 9.17) is 4.98 Å². The summed E-state index contributed by atoms with van der Waals surface area (Å²) in [5, 5.41) is 3.40. The van der Waals surface area contributed by atoms with Crippen LogP contribution in [0.5, 0.6) is 0 Å². The van der Waals surface area contributed by atoms with Gasteiger partial charge in [0.2, 0.25) is 0 Å². The number of anilines is 1. The zero-order valence-electron chi connectivity index (χ0n) is 15.7. The summed E-state index contributed by atoms with van der Waals surface area (Å²) in [4.78, 5) is 30.7. The van der Waals surface area contributed by atoms with Gasteiger partial charge >= 0.3 is 0 Å². The topological polar surface area (TPSA) is 64.0 Å². The molecule has 5 nitrogen and oxygen atoms in total. The summed E-state index contributed by atoms with van der Waals surface area (Å²) in [7, 11) is 0. The number of amides is 1. The van der Waals surface area contributed by atoms with Crippen molar-refractivity contribution < 1.29 is 4.79 Å². The predicted octanol–water partition coefficient (Wildman–Crippen LogP) is 4.19. The number of nitrogens with one attached hydrogen (secondary N) is 1. The number of carbonyl (C=O) groups is 1. The number of hydrogen-bond acceptors (Lipinski definition) is 3. The van der Waals surface area contributed by atoms with Crippen LogP contribution in [0, 0.1) is 6.92 Å². The van der Waals surface area contributed by atoms with Gasteiger partial charge < -0.3 is 5.32 Å². The number of hydrogen-bond donors (Lipinski definition) is 1. The minimum atomic E-state index is -0.204. The van der Waals surface area contributed by atoms with Gasteiger partial charge in [0.25, 0.3) is 11.5 Å². The van der Waals surface area contributed by atoms with Gasteiger partial charge in [0.05, 0.1) is 22.2 Å². The molecule has 1 aliphatic rings. The Kier molecular flexibility index (Phi) is 3.88. The molecule has 4 aromatic rings. The molecular weight excluding hydrogens is 362 g/mol. The molecule has 1 amide bonds. The van der Waals surface area contributed by atoms with E-state index in [1.54, 1.807) is 16.7 Å². The van der Waals surface area contributed by atoms with Crippen molar-refractivity contribution in [2.75, 3.05) is 5.32 Å². The monoisotopic (exact) mass is 379 g/mol. The summed E-state index contributed by atoms with van der Waals surface area (Å²) in [6.07, 6.45) is 1.70. The molecule has 0 spiro atoms. The second kappa shape index (κ2) is 6.56. The van der Waals surface area contributed by atoms with E-state index in [0.717, 1.165) is 22.5 Å². The SMILES string of the molecule is Cc1ccccc1-n1c(C=C2C(=O)Nc3ccccc32)nc2ccccc2c1=O. The first-order valence-corrected chi connectivity index (χ1v) is 9.34. The standard InChI is InChI=1S/C24H17N3O2/c1-15-8-2-7-13-21(15)27-22(25-20-12-6-4-10-17(20)24(27)29)14-18-16-9-3-5-11-19(16)26-23(18)28/h2-14H,1H3,(H,26,28). The molecule has 0 fully saturated rings. The number of benzene rings is 3. The van der Waals surface area contributed by atoms with Crippen LogP contribution < -0.4 is 10.9 Å². The first kappa shape index (κ1) is 17.1. The van der Waals surface area contributed by atoms with E-state index in [2.05, 4.69) is 5.32 Å². The van der Waals surface area contributed by atoms with Crippen LogP contribution in [0.2, 0.25) is 0 Å². The summed E-state index contributed by atoms with van der Waals surface area (Å²) in [5.41, 5.74) is 4.18. The van der Waals surface area contributed by atoms with E-state index in [-0.39, 0.29) is 11.5 Å². The maximum absolute atomic E-state index is 13.4. The molecule has 1 aliphatic heterocycles. The Morgan fingerprint density at radius 2 is 1.62 bits per heavy atom. The molecule has 1 aromatic heterocycles. The van der Waals surface area contributed by atoms with Gasteiger partial charge in [-0.05, 0) is 42.8 Å². The number of aromatic nitrogens is 2. The van der Waals surface area contributed by atoms with E-state index in [0.29, 0.717) is 22.3 Å². The highest BCUT2D eigenvalue weighted by Crippen LogP contribution is 2.32. The fourth-order valence-electron chi connectivity index (χ4n) is 3.71. The summed E-state index contributed by atoms with van der Waals surface area (Å²) in [6.45, 7) is 1.95. The Morgan fingerprint density at radius 1 is 0.897 bits per heavy atom. The Bertz CT molecular complexity index is 1380. The van der Waals surface area contributed by atoms with Crippen molar-refractivity contribution in [3.63, 3.8) is 0 Å². The lowest BCUT2D eigenvalue weighted by molar-refractivity contribution is -0.110. The van der Waals surface area contributed by atoms with Crippen LogP contribution in [-0.2, 0) is 4.79 Å². The molecule has 5 rings (SSSR count). The molecule has 0 saturated heterocycles. The Balaban J connectivity index is 1.85. The van der Waals surface area contributed by atoms with Gasteiger partial charge in [-0.1, -0.05) is 48.5 Å². The second-order valence-corrected chi connectivity index (χ2v) is 6.97. The zero-order chi connectivity index (χ0) is 20.0. The van der Waals surface area contributed by atoms with Crippen molar-refractivity contribution in [2.45, 2.75) is 6.92 Å². The average molecular weight is 379 g/mol. The molecule has 0 unspecified atom stereocenters. The van der Waals surface area contributed by atoms with Crippen LogP contribution in [0.3, 0.4) is 0 Å². The number of aryl methyl sites for hydroxylation is 1. The largest absolute Gasteiger partial charge is 0.321 e. The van der Waals surface area contributed by atoms with Gasteiger partial charge in [-0.3, -0.25) is 14.2 Å². The maximum atomic E-state index is 13.4. The molecule has 29 heavy (non-hydrogen) atoms. The van der Waals surface area contributed by atoms with Crippen molar-refractivity contribution in [3.8, 4) is 5.69 Å². The normalized spacial score (nSPS) is 14.2. The third kappa shape index (κ3) is 2.75. The zero-order valence-corrected chi connectivity index (χ0v) is 15.7. The lowest BCUT2D eigenvalue weighted by atomic mass is 10.1. The molecule has 140 valence electrons. The van der Waals surface area contributed by atoms with Crippen molar-refractivity contribution in [1.29, 1.82) is 0 Å². The molecule has 0 atom stereocenters. The van der Waals surface area contributed by atoms with E-state index in [9.17, 15) is 9.59 Å². The van der Waals surface area contributed by atoms with Gasteiger partial charge in [-0.2, -0.15) is 0 Å². The molecule has 1 N–H and O–H groups in total. The highest BCUT2D eigenvalue weighted by atomic mass is 16.2. The van der Waals surface area contributed by atoms with Crippen molar-refractivity contribution in [3.05, 3.63) is 100 Å². The molecule has 5 heteroatoms. The van der Waals surface area contributed by atoms with Gasteiger partial charge in [0, 0.05) is 11.3 Å². The van der Waals surface area contributed by atoms with Crippen LogP contribution in [0.15, 0.2) is 77.6 Å². The number of nitrogens with zero attached hydrogens (tertiary/aromatic N) is 2. The molecule has 0 aliphatic carbocycles. The molecular formula is C24H17N3O2. The lowest BCUT2D eigenvalue weighted by Crippen LogP contribution is -2.23. The number of rotatable bonds is 2. The number of fused-ring (bicyclic) bond motifs is 2. The van der Waals surface area contributed by atoms with Gasteiger partial charge in [0.15, 0.2) is 0 Å². The highest BCUT2D eigenvalue weighted by Gasteiger charge is 2.24. The number of para-hydroxylation sites is 3. The van der Waals surface area contributed by atoms with Crippen molar-refractivity contribution >= 4 is 34.1 Å². The van der Waals surface area contributed by atoms with Crippen LogP contribution >= 0.6 is 0 Å². The van der Waals surface area contributed by atoms with E-state index in [1.165, 1.54) is 0 Å². The van der Waals surface area contributed by atoms with E-state index < -0.39 is 0 Å². The van der Waals surface area contributed by atoms with Gasteiger partial charge in [-0.15, -0.1) is 0 Å². The third-order valence-electron chi connectivity index (χ3n) is 5.14. The fraction of sp³-hybridized carbons (Fsp3) is 0.0417. The fourth-order valence-corrected chi connectivity index (χ4v) is 3.71. The van der Waals surface area contributed by atoms with Crippen LogP contribution in [0.25, 0.3) is 28.2 Å². The number of carbonyl (C=O) groups excluding carboxylic acids is 1. The average Bonchev–Trinajstić information content (AvgIpc) is 3.04. The van der Waals surface area contributed by atoms with Crippen molar-refractivity contribution in [1.82, 2.24) is 9.55 Å². The van der Waals surface area contributed by atoms with E-state index >= 15 is 0 Å². The predicted molar refractivity (Wildman–Crippen MR) is 115 cm³/mol. The maximum Gasteiger partial charge on any atom is 0.266 e. The minimum Gasteiger partial charge on any atom is -0.321 e. The van der Waals surface area contributed by atoms with E-state index in [1.807, 2.05) is 73.7 Å². The molecule has 0 saturated carbocycles. The summed E-state index contributed by atoms with van der Waals surface area (Å²) < 4.78 is 1.58. The van der Waals surface area contributed by atoms with Crippen LogP contribution in [0.1, 0.15) is 17.0 Å². The van der Waals surface area contributed by atoms with Gasteiger partial charge in [0.1, 0.15) is 5.82 Å². The smallest absolute Gasteiger partial charge is 0.266 e. The third-order valence-corrected chi connectivity index (χ3v) is 5.14. The first-order chi connectivity index (χ1) is 14.1. The quantitative estimate of drug-likeness (QED) is 0.531. The molecule has 3 aromatic carbocycles. The Hall–Kier alpha value is -3.99. The minimum absolute atomic E-state index is 0.163. The molecule has 0 radical (unpaired) electrons. The summed E-state index contributed by atoms with van der Waals surface area (Å²) in [5.74, 6) is 0.217. The molecule has 2 heterocycles.